The van der Waals surface area contributed by atoms with Gasteiger partial charge in [0.1, 0.15) is 0 Å². The zero-order chi connectivity index (χ0) is 21.1. The Morgan fingerprint density at radius 3 is 2.38 bits per heavy atom. The molecule has 29 heavy (non-hydrogen) atoms. The molecule has 0 spiro atoms. The highest BCUT2D eigenvalue weighted by atomic mass is 16.5. The standard InChI is InChI=1S/C23H28N2O4/c1-4-15-29-20-13-7-17(16-21(20)28-6-3)8-14-22(26)25-19-11-9-18(10-12-19)23(27)24-5-2/h7-14,16H,4-6,15H2,1-3H3,(H,24,27)(H,25,26). The predicted molar refractivity (Wildman–Crippen MR) is 116 cm³/mol. The maximum absolute atomic E-state index is 12.2. The molecule has 0 aromatic heterocycles. The van der Waals surface area contributed by atoms with Crippen molar-refractivity contribution in [2.45, 2.75) is 27.2 Å². The van der Waals surface area contributed by atoms with Crippen molar-refractivity contribution in [3.8, 4) is 11.5 Å². The summed E-state index contributed by atoms with van der Waals surface area (Å²) < 4.78 is 11.3. The Kier molecular flexibility index (Phi) is 8.76. The normalized spacial score (nSPS) is 10.6. The molecule has 6 heteroatoms. The Morgan fingerprint density at radius 1 is 0.966 bits per heavy atom. The lowest BCUT2D eigenvalue weighted by Crippen LogP contribution is -2.22. The highest BCUT2D eigenvalue weighted by Gasteiger charge is 2.07. The van der Waals surface area contributed by atoms with E-state index in [-0.39, 0.29) is 11.8 Å². The topological polar surface area (TPSA) is 76.7 Å². The molecule has 6 nitrogen and oxygen atoms in total. The summed E-state index contributed by atoms with van der Waals surface area (Å²) in [5.74, 6) is 0.953. The van der Waals surface area contributed by atoms with Gasteiger partial charge in [-0.2, -0.15) is 0 Å². The summed E-state index contributed by atoms with van der Waals surface area (Å²) in [4.78, 5) is 24.0. The van der Waals surface area contributed by atoms with Crippen molar-refractivity contribution in [1.29, 1.82) is 0 Å². The highest BCUT2D eigenvalue weighted by Crippen LogP contribution is 2.29. The van der Waals surface area contributed by atoms with Crippen LogP contribution in [0.4, 0.5) is 5.69 Å². The van der Waals surface area contributed by atoms with Crippen LogP contribution in [0.3, 0.4) is 0 Å². The van der Waals surface area contributed by atoms with Crippen LogP contribution >= 0.6 is 0 Å². The number of carbonyl (C=O) groups excluding carboxylic acids is 2. The lowest BCUT2D eigenvalue weighted by Gasteiger charge is -2.12. The van der Waals surface area contributed by atoms with Gasteiger partial charge < -0.3 is 20.1 Å². The molecule has 2 aromatic rings. The van der Waals surface area contributed by atoms with Crippen molar-refractivity contribution in [2.75, 3.05) is 25.1 Å². The van der Waals surface area contributed by atoms with E-state index in [1.807, 2.05) is 39.0 Å². The van der Waals surface area contributed by atoms with Gasteiger partial charge >= 0.3 is 0 Å². The van der Waals surface area contributed by atoms with Gasteiger partial charge in [-0.15, -0.1) is 0 Å². The Bertz CT molecular complexity index is 844. The van der Waals surface area contributed by atoms with Crippen LogP contribution in [-0.4, -0.2) is 31.6 Å². The maximum atomic E-state index is 12.2. The summed E-state index contributed by atoms with van der Waals surface area (Å²) >= 11 is 0. The summed E-state index contributed by atoms with van der Waals surface area (Å²) in [5.41, 5.74) is 2.00. The SMILES string of the molecule is CCCOc1ccc(C=CC(=O)Nc2ccc(C(=O)NCC)cc2)cc1OCC. The van der Waals surface area contributed by atoms with Crippen molar-refractivity contribution < 1.29 is 19.1 Å². The minimum atomic E-state index is -0.264. The van der Waals surface area contributed by atoms with Crippen LogP contribution in [0.2, 0.25) is 0 Å². The van der Waals surface area contributed by atoms with Gasteiger partial charge in [0.15, 0.2) is 11.5 Å². The molecule has 0 saturated carbocycles. The molecule has 2 rings (SSSR count). The first-order valence-electron chi connectivity index (χ1n) is 9.84. The van der Waals surface area contributed by atoms with E-state index in [1.165, 1.54) is 6.08 Å². The van der Waals surface area contributed by atoms with E-state index in [1.54, 1.807) is 30.3 Å². The third-order valence-electron chi connectivity index (χ3n) is 3.91. The van der Waals surface area contributed by atoms with E-state index in [9.17, 15) is 9.59 Å². The monoisotopic (exact) mass is 396 g/mol. The zero-order valence-electron chi connectivity index (χ0n) is 17.2. The third kappa shape index (κ3) is 6.99. The van der Waals surface area contributed by atoms with Crippen LogP contribution in [0.15, 0.2) is 48.5 Å². The van der Waals surface area contributed by atoms with E-state index < -0.39 is 0 Å². The number of hydrogen-bond acceptors (Lipinski definition) is 4. The molecule has 0 aliphatic heterocycles. The van der Waals surface area contributed by atoms with Crippen LogP contribution in [0.1, 0.15) is 43.1 Å². The summed E-state index contributed by atoms with van der Waals surface area (Å²) in [6, 6.07) is 12.3. The first kappa shape index (κ1) is 22.0. The van der Waals surface area contributed by atoms with Crippen LogP contribution in [0, 0.1) is 0 Å². The van der Waals surface area contributed by atoms with E-state index in [2.05, 4.69) is 10.6 Å². The van der Waals surface area contributed by atoms with Crippen LogP contribution < -0.4 is 20.1 Å². The molecule has 2 N–H and O–H groups in total. The number of hydrogen-bond donors (Lipinski definition) is 2. The molecule has 154 valence electrons. The van der Waals surface area contributed by atoms with Crippen LogP contribution in [0.5, 0.6) is 11.5 Å². The molecule has 2 aromatic carbocycles. The molecular weight excluding hydrogens is 368 g/mol. The zero-order valence-corrected chi connectivity index (χ0v) is 17.2. The van der Waals surface area contributed by atoms with Crippen LogP contribution in [0.25, 0.3) is 6.08 Å². The molecule has 0 aliphatic rings. The summed E-state index contributed by atoms with van der Waals surface area (Å²) in [7, 11) is 0. The summed E-state index contributed by atoms with van der Waals surface area (Å²) in [6.45, 7) is 7.54. The first-order valence-corrected chi connectivity index (χ1v) is 9.84. The summed E-state index contributed by atoms with van der Waals surface area (Å²) in [6.07, 6.45) is 4.08. The van der Waals surface area contributed by atoms with Gasteiger partial charge in [-0.25, -0.2) is 0 Å². The second-order valence-electron chi connectivity index (χ2n) is 6.25. The Morgan fingerprint density at radius 2 is 1.72 bits per heavy atom. The highest BCUT2D eigenvalue weighted by molar-refractivity contribution is 6.02. The molecule has 0 saturated heterocycles. The third-order valence-corrected chi connectivity index (χ3v) is 3.91. The van der Waals surface area contributed by atoms with Crippen molar-refractivity contribution in [3.05, 3.63) is 59.7 Å². The van der Waals surface area contributed by atoms with Crippen molar-refractivity contribution in [2.24, 2.45) is 0 Å². The second-order valence-corrected chi connectivity index (χ2v) is 6.25. The number of ether oxygens (including phenoxy) is 2. The average molecular weight is 396 g/mol. The van der Waals surface area contributed by atoms with Crippen molar-refractivity contribution in [3.63, 3.8) is 0 Å². The van der Waals surface area contributed by atoms with Gasteiger partial charge in [0.25, 0.3) is 5.91 Å². The second kappa shape index (κ2) is 11.5. The van der Waals surface area contributed by atoms with Gasteiger partial charge in [0, 0.05) is 23.9 Å². The van der Waals surface area contributed by atoms with Gasteiger partial charge in [0.2, 0.25) is 5.91 Å². The van der Waals surface area contributed by atoms with Gasteiger partial charge in [0.05, 0.1) is 13.2 Å². The van der Waals surface area contributed by atoms with Gasteiger partial charge in [-0.1, -0.05) is 13.0 Å². The quantitative estimate of drug-likeness (QED) is 0.588. The molecule has 0 fully saturated rings. The molecule has 0 radical (unpaired) electrons. The number of carbonyl (C=O) groups is 2. The van der Waals surface area contributed by atoms with E-state index in [0.717, 1.165) is 12.0 Å². The number of amides is 2. The molecule has 2 amide bonds. The van der Waals surface area contributed by atoms with E-state index >= 15 is 0 Å². The molecule has 0 unspecified atom stereocenters. The molecule has 0 heterocycles. The van der Waals surface area contributed by atoms with E-state index in [0.29, 0.717) is 42.5 Å². The lowest BCUT2D eigenvalue weighted by atomic mass is 10.1. The summed E-state index contributed by atoms with van der Waals surface area (Å²) in [5, 5.41) is 5.51. The van der Waals surface area contributed by atoms with Crippen molar-refractivity contribution >= 4 is 23.6 Å². The number of rotatable bonds is 10. The number of nitrogens with one attached hydrogen (secondary N) is 2. The molecular formula is C23H28N2O4. The Labute approximate surface area is 171 Å². The van der Waals surface area contributed by atoms with E-state index in [4.69, 9.17) is 9.47 Å². The fraction of sp³-hybridized carbons (Fsp3) is 0.304. The predicted octanol–water partition coefficient (Wildman–Crippen LogP) is 4.28. The first-order chi connectivity index (χ1) is 14.1. The maximum Gasteiger partial charge on any atom is 0.251 e. The minimum absolute atomic E-state index is 0.137. The van der Waals surface area contributed by atoms with Gasteiger partial charge in [-0.3, -0.25) is 9.59 Å². The minimum Gasteiger partial charge on any atom is -0.490 e. The molecule has 0 aliphatic carbocycles. The lowest BCUT2D eigenvalue weighted by molar-refractivity contribution is -0.111. The Hall–Kier alpha value is -3.28. The van der Waals surface area contributed by atoms with Crippen LogP contribution in [-0.2, 0) is 4.79 Å². The largest absolute Gasteiger partial charge is 0.490 e. The molecule has 0 bridgehead atoms. The molecule has 0 atom stereocenters. The van der Waals surface area contributed by atoms with Crippen molar-refractivity contribution in [1.82, 2.24) is 5.32 Å². The fourth-order valence-corrected chi connectivity index (χ4v) is 2.55. The fourth-order valence-electron chi connectivity index (χ4n) is 2.55. The number of anilines is 1. The van der Waals surface area contributed by atoms with Gasteiger partial charge in [-0.05, 0) is 68.3 Å². The Balaban J connectivity index is 2.00. The number of benzene rings is 2. The average Bonchev–Trinajstić information content (AvgIpc) is 2.72. The smallest absolute Gasteiger partial charge is 0.251 e.